The first-order valence-electron chi connectivity index (χ1n) is 9.70. The zero-order valence-electron chi connectivity index (χ0n) is 16.9. The van der Waals surface area contributed by atoms with Gasteiger partial charge in [0.25, 0.3) is 5.56 Å². The van der Waals surface area contributed by atoms with Gasteiger partial charge in [0, 0.05) is 11.1 Å². The molecule has 0 bridgehead atoms. The van der Waals surface area contributed by atoms with E-state index in [4.69, 9.17) is 4.74 Å². The molecule has 0 fully saturated rings. The van der Waals surface area contributed by atoms with Gasteiger partial charge in [-0.2, -0.15) is 10.4 Å². The number of rotatable bonds is 8. The molecule has 0 aliphatic carbocycles. The summed E-state index contributed by atoms with van der Waals surface area (Å²) in [5.74, 6) is 0.155. The van der Waals surface area contributed by atoms with Crippen molar-refractivity contribution < 1.29 is 4.74 Å². The van der Waals surface area contributed by atoms with Crippen molar-refractivity contribution in [1.29, 1.82) is 5.26 Å². The van der Waals surface area contributed by atoms with Gasteiger partial charge in [0.2, 0.25) is 5.95 Å². The Morgan fingerprint density at radius 3 is 2.70 bits per heavy atom. The highest BCUT2D eigenvalue weighted by molar-refractivity contribution is 5.82. The van der Waals surface area contributed by atoms with Crippen LogP contribution in [0.4, 0.5) is 5.95 Å². The first-order valence-corrected chi connectivity index (χ1v) is 9.70. The number of ether oxygens (including phenoxy) is 1. The van der Waals surface area contributed by atoms with E-state index in [9.17, 15) is 10.1 Å². The largest absolute Gasteiger partial charge is 0.374 e. The normalized spacial score (nSPS) is 11.9. The second-order valence-electron chi connectivity index (χ2n) is 6.71. The quantitative estimate of drug-likeness (QED) is 0.437. The molecule has 7 nitrogen and oxygen atoms in total. The van der Waals surface area contributed by atoms with Crippen molar-refractivity contribution in [3.05, 3.63) is 81.6 Å². The summed E-state index contributed by atoms with van der Waals surface area (Å²) in [6.45, 7) is 4.60. The van der Waals surface area contributed by atoms with E-state index >= 15 is 0 Å². The lowest BCUT2D eigenvalue weighted by atomic mass is 10.1. The summed E-state index contributed by atoms with van der Waals surface area (Å²) < 4.78 is 5.82. The average Bonchev–Trinajstić information content (AvgIpc) is 2.78. The number of hydrogen-bond acceptors (Lipinski definition) is 6. The topological polar surface area (TPSA) is 103 Å². The van der Waals surface area contributed by atoms with Crippen LogP contribution in [0.2, 0.25) is 0 Å². The number of hydrogen-bond donors (Lipinski definition) is 2. The average molecular weight is 401 g/mol. The van der Waals surface area contributed by atoms with E-state index in [1.54, 1.807) is 18.3 Å². The smallest absolute Gasteiger partial charge is 0.270 e. The van der Waals surface area contributed by atoms with Crippen molar-refractivity contribution in [3.8, 4) is 17.3 Å². The first kappa shape index (κ1) is 21.0. The van der Waals surface area contributed by atoms with Gasteiger partial charge in [0.05, 0.1) is 24.6 Å². The Labute approximate surface area is 175 Å². The molecule has 0 aliphatic rings. The fourth-order valence-electron chi connectivity index (χ4n) is 2.74. The van der Waals surface area contributed by atoms with Crippen molar-refractivity contribution in [2.75, 3.05) is 5.43 Å². The third kappa shape index (κ3) is 5.19. The second-order valence-corrected chi connectivity index (χ2v) is 6.71. The predicted octanol–water partition coefficient (Wildman–Crippen LogP) is 4.07. The van der Waals surface area contributed by atoms with Crippen molar-refractivity contribution in [1.82, 2.24) is 9.97 Å². The molecule has 1 aromatic heterocycles. The summed E-state index contributed by atoms with van der Waals surface area (Å²) in [5, 5.41) is 13.5. The van der Waals surface area contributed by atoms with E-state index in [1.165, 1.54) is 0 Å². The summed E-state index contributed by atoms with van der Waals surface area (Å²) in [6.07, 6.45) is 2.77. The van der Waals surface area contributed by atoms with Crippen molar-refractivity contribution in [2.24, 2.45) is 5.10 Å². The molecule has 0 spiro atoms. The van der Waals surface area contributed by atoms with Crippen molar-refractivity contribution in [3.63, 3.8) is 0 Å². The van der Waals surface area contributed by atoms with Gasteiger partial charge in [-0.3, -0.25) is 9.78 Å². The molecular formula is C23H23N5O2. The van der Waals surface area contributed by atoms with E-state index in [-0.39, 0.29) is 17.6 Å². The molecule has 0 amide bonds. The molecule has 0 saturated carbocycles. The standard InChI is InChI=1S/C23H23N5O2/c1-3-16(2)30-15-19-12-8-7-11-18(19)14-25-28-23-26-21(17-9-5-4-6-10-17)20(13-24)22(29)27-23/h4-12,14,16H,3,15H2,1-2H3,(H2,26,27,28,29). The molecule has 1 heterocycles. The van der Waals surface area contributed by atoms with Gasteiger partial charge in [-0.15, -0.1) is 0 Å². The zero-order valence-corrected chi connectivity index (χ0v) is 16.9. The van der Waals surface area contributed by atoms with E-state index in [0.29, 0.717) is 17.9 Å². The van der Waals surface area contributed by atoms with Crippen LogP contribution in [0, 0.1) is 11.3 Å². The van der Waals surface area contributed by atoms with Crippen LogP contribution in [-0.4, -0.2) is 22.3 Å². The fourth-order valence-corrected chi connectivity index (χ4v) is 2.74. The van der Waals surface area contributed by atoms with Crippen LogP contribution in [0.1, 0.15) is 37.0 Å². The number of hydrazone groups is 1. The Morgan fingerprint density at radius 1 is 1.23 bits per heavy atom. The maximum atomic E-state index is 12.3. The van der Waals surface area contributed by atoms with E-state index in [0.717, 1.165) is 17.5 Å². The summed E-state index contributed by atoms with van der Waals surface area (Å²) >= 11 is 0. The van der Waals surface area contributed by atoms with E-state index in [2.05, 4.69) is 27.4 Å². The van der Waals surface area contributed by atoms with Gasteiger partial charge >= 0.3 is 0 Å². The predicted molar refractivity (Wildman–Crippen MR) is 117 cm³/mol. The maximum absolute atomic E-state index is 12.3. The minimum atomic E-state index is -0.522. The van der Waals surface area contributed by atoms with E-state index < -0.39 is 5.56 Å². The van der Waals surface area contributed by atoms with Crippen LogP contribution in [0.15, 0.2) is 64.5 Å². The van der Waals surface area contributed by atoms with Gasteiger partial charge in [-0.1, -0.05) is 61.5 Å². The molecular weight excluding hydrogens is 378 g/mol. The third-order valence-corrected chi connectivity index (χ3v) is 4.61. The van der Waals surface area contributed by atoms with Crippen LogP contribution in [0.25, 0.3) is 11.3 Å². The molecule has 3 rings (SSSR count). The van der Waals surface area contributed by atoms with Crippen LogP contribution in [0.5, 0.6) is 0 Å². The lowest BCUT2D eigenvalue weighted by molar-refractivity contribution is 0.0508. The number of nitriles is 1. The number of aromatic amines is 1. The molecule has 2 aromatic carbocycles. The Bertz CT molecular complexity index is 1120. The molecule has 0 radical (unpaired) electrons. The summed E-state index contributed by atoms with van der Waals surface area (Å²) in [5.41, 5.74) is 5.08. The highest BCUT2D eigenvalue weighted by Gasteiger charge is 2.12. The Hall–Kier alpha value is -3.76. The second kappa shape index (κ2) is 10.1. The van der Waals surface area contributed by atoms with Gasteiger partial charge in [0.15, 0.2) is 0 Å². The Balaban J connectivity index is 1.82. The molecule has 1 atom stereocenters. The number of nitrogens with one attached hydrogen (secondary N) is 2. The van der Waals surface area contributed by atoms with Gasteiger partial charge in [0.1, 0.15) is 11.6 Å². The lowest BCUT2D eigenvalue weighted by Crippen LogP contribution is -2.16. The number of H-pyrrole nitrogens is 1. The van der Waals surface area contributed by atoms with Crippen LogP contribution in [0.3, 0.4) is 0 Å². The molecule has 7 heteroatoms. The molecule has 2 N–H and O–H groups in total. The fraction of sp³-hybridized carbons (Fsp3) is 0.217. The Morgan fingerprint density at radius 2 is 1.97 bits per heavy atom. The molecule has 30 heavy (non-hydrogen) atoms. The first-order chi connectivity index (χ1) is 14.6. The monoisotopic (exact) mass is 401 g/mol. The molecule has 0 saturated heterocycles. The third-order valence-electron chi connectivity index (χ3n) is 4.61. The van der Waals surface area contributed by atoms with Crippen LogP contribution in [-0.2, 0) is 11.3 Å². The number of benzene rings is 2. The highest BCUT2D eigenvalue weighted by Crippen LogP contribution is 2.19. The molecule has 3 aromatic rings. The molecule has 1 unspecified atom stereocenters. The molecule has 152 valence electrons. The van der Waals surface area contributed by atoms with E-state index in [1.807, 2.05) is 55.5 Å². The van der Waals surface area contributed by atoms with Gasteiger partial charge in [-0.25, -0.2) is 10.4 Å². The van der Waals surface area contributed by atoms with Crippen molar-refractivity contribution >= 4 is 12.2 Å². The van der Waals surface area contributed by atoms with Gasteiger partial charge in [-0.05, 0) is 18.9 Å². The summed E-state index contributed by atoms with van der Waals surface area (Å²) in [4.78, 5) is 19.2. The minimum Gasteiger partial charge on any atom is -0.374 e. The van der Waals surface area contributed by atoms with Crippen LogP contribution < -0.4 is 11.0 Å². The SMILES string of the molecule is CCC(C)OCc1ccccc1C=NNc1nc(-c2ccccc2)c(C#N)c(=O)[nH]1. The number of anilines is 1. The summed E-state index contributed by atoms with van der Waals surface area (Å²) in [7, 11) is 0. The molecule has 0 aliphatic heterocycles. The zero-order chi connectivity index (χ0) is 21.3. The van der Waals surface area contributed by atoms with Crippen molar-refractivity contribution in [2.45, 2.75) is 33.0 Å². The maximum Gasteiger partial charge on any atom is 0.270 e. The van der Waals surface area contributed by atoms with Gasteiger partial charge < -0.3 is 4.74 Å². The number of nitrogens with zero attached hydrogens (tertiary/aromatic N) is 3. The highest BCUT2D eigenvalue weighted by atomic mass is 16.5. The Kier molecular flexibility index (Phi) is 7.09. The number of aromatic nitrogens is 2. The lowest BCUT2D eigenvalue weighted by Gasteiger charge is -2.12. The van der Waals surface area contributed by atoms with Crippen LogP contribution >= 0.6 is 0 Å². The summed E-state index contributed by atoms with van der Waals surface area (Å²) in [6, 6.07) is 18.8. The minimum absolute atomic E-state index is 0.0386.